The Balaban J connectivity index is 1.57. The highest BCUT2D eigenvalue weighted by Crippen LogP contribution is 2.16. The van der Waals surface area contributed by atoms with E-state index in [2.05, 4.69) is 20.3 Å². The first kappa shape index (κ1) is 18.3. The molecule has 7 heteroatoms. The van der Waals surface area contributed by atoms with Crippen molar-refractivity contribution in [2.75, 3.05) is 30.9 Å². The van der Waals surface area contributed by atoms with E-state index in [1.165, 1.54) is 18.0 Å². The van der Waals surface area contributed by atoms with Crippen LogP contribution < -0.4 is 15.0 Å². The second-order valence-electron chi connectivity index (χ2n) is 5.98. The Labute approximate surface area is 158 Å². The van der Waals surface area contributed by atoms with Gasteiger partial charge in [-0.3, -0.25) is 9.78 Å². The molecule has 0 radical (unpaired) electrons. The van der Waals surface area contributed by atoms with Crippen LogP contribution in [0.3, 0.4) is 0 Å². The van der Waals surface area contributed by atoms with E-state index in [0.717, 1.165) is 18.7 Å². The molecule has 2 heterocycles. The molecule has 0 atom stereocenters. The van der Waals surface area contributed by atoms with Crippen LogP contribution in [0.15, 0.2) is 61.2 Å². The summed E-state index contributed by atoms with van der Waals surface area (Å²) in [5.74, 6) is 1.05. The Morgan fingerprint density at radius 2 is 1.74 bits per heavy atom. The number of likely N-dealkylation sites (N-methyl/N-ethyl adjacent to an activating group) is 1. The van der Waals surface area contributed by atoms with E-state index in [-0.39, 0.29) is 5.91 Å². The highest BCUT2D eigenvalue weighted by Gasteiger charge is 2.10. The highest BCUT2D eigenvalue weighted by molar-refractivity contribution is 6.03. The quantitative estimate of drug-likeness (QED) is 0.695. The van der Waals surface area contributed by atoms with Gasteiger partial charge >= 0.3 is 0 Å². The molecule has 1 amide bonds. The number of aromatic nitrogens is 3. The fourth-order valence-corrected chi connectivity index (χ4v) is 2.46. The van der Waals surface area contributed by atoms with Crippen molar-refractivity contribution < 1.29 is 9.53 Å². The van der Waals surface area contributed by atoms with Gasteiger partial charge in [-0.2, -0.15) is 0 Å². The summed E-state index contributed by atoms with van der Waals surface area (Å²) in [6.07, 6.45) is 7.49. The van der Waals surface area contributed by atoms with Gasteiger partial charge in [0.05, 0.1) is 12.7 Å². The number of hydrogen-bond acceptors (Lipinski definition) is 6. The number of ether oxygens (including phenoxy) is 1. The molecule has 138 valence electrons. The first-order chi connectivity index (χ1) is 13.2. The van der Waals surface area contributed by atoms with Crippen LogP contribution in [0.4, 0.5) is 11.6 Å². The molecule has 7 nitrogen and oxygen atoms in total. The molecule has 3 aromatic rings. The van der Waals surface area contributed by atoms with E-state index in [9.17, 15) is 4.79 Å². The third-order valence-corrected chi connectivity index (χ3v) is 4.07. The maximum atomic E-state index is 12.3. The molecule has 3 rings (SSSR count). The molecule has 1 N–H and O–H groups in total. The van der Waals surface area contributed by atoms with E-state index in [1.807, 2.05) is 24.1 Å². The highest BCUT2D eigenvalue weighted by atomic mass is 16.5. The Bertz CT molecular complexity index is 867. The van der Waals surface area contributed by atoms with Crippen molar-refractivity contribution in [3.8, 4) is 5.75 Å². The predicted octanol–water partition coefficient (Wildman–Crippen LogP) is 2.81. The molecule has 0 aliphatic heterocycles. The zero-order valence-electron chi connectivity index (χ0n) is 15.3. The van der Waals surface area contributed by atoms with E-state index >= 15 is 0 Å². The summed E-state index contributed by atoms with van der Waals surface area (Å²) in [6.45, 7) is 0.765. The lowest BCUT2D eigenvalue weighted by Crippen LogP contribution is -2.23. The van der Waals surface area contributed by atoms with Gasteiger partial charge in [-0.1, -0.05) is 0 Å². The van der Waals surface area contributed by atoms with Crippen molar-refractivity contribution in [3.05, 3.63) is 72.3 Å². The third-order valence-electron chi connectivity index (χ3n) is 4.07. The average molecular weight is 363 g/mol. The number of carbonyl (C=O) groups is 1. The normalized spacial score (nSPS) is 10.3. The molecule has 0 saturated carbocycles. The second kappa shape index (κ2) is 8.75. The molecule has 2 aromatic heterocycles. The molecule has 27 heavy (non-hydrogen) atoms. The van der Waals surface area contributed by atoms with E-state index in [4.69, 9.17) is 4.74 Å². The summed E-state index contributed by atoms with van der Waals surface area (Å²) in [7, 11) is 3.52. The van der Waals surface area contributed by atoms with Crippen molar-refractivity contribution in [1.82, 2.24) is 15.0 Å². The fraction of sp³-hybridized carbons (Fsp3) is 0.200. The van der Waals surface area contributed by atoms with Gasteiger partial charge in [0.1, 0.15) is 5.75 Å². The van der Waals surface area contributed by atoms with Gasteiger partial charge in [-0.05, 0) is 48.4 Å². The van der Waals surface area contributed by atoms with Crippen molar-refractivity contribution >= 4 is 17.5 Å². The summed E-state index contributed by atoms with van der Waals surface area (Å²) in [6, 6.07) is 11.1. The minimum absolute atomic E-state index is 0.258. The van der Waals surface area contributed by atoms with Crippen molar-refractivity contribution in [1.29, 1.82) is 0 Å². The average Bonchev–Trinajstić information content (AvgIpc) is 2.73. The number of hydrogen-bond donors (Lipinski definition) is 1. The zero-order chi connectivity index (χ0) is 19.1. The topological polar surface area (TPSA) is 80.2 Å². The van der Waals surface area contributed by atoms with Gasteiger partial charge in [0, 0.05) is 44.1 Å². The molecular weight excluding hydrogens is 342 g/mol. The van der Waals surface area contributed by atoms with E-state index in [0.29, 0.717) is 17.2 Å². The SMILES string of the molecule is COc1ccc(NC(=O)c2cnc(N(C)CCc3ccncc3)nc2)cc1. The lowest BCUT2D eigenvalue weighted by Gasteiger charge is -2.16. The minimum atomic E-state index is -0.258. The largest absolute Gasteiger partial charge is 0.497 e. The van der Waals surface area contributed by atoms with Gasteiger partial charge in [0.25, 0.3) is 5.91 Å². The first-order valence-corrected chi connectivity index (χ1v) is 8.53. The van der Waals surface area contributed by atoms with Gasteiger partial charge in [-0.15, -0.1) is 0 Å². The van der Waals surface area contributed by atoms with Crippen LogP contribution in [-0.2, 0) is 6.42 Å². The van der Waals surface area contributed by atoms with Gasteiger partial charge < -0.3 is 15.0 Å². The predicted molar refractivity (Wildman–Crippen MR) is 104 cm³/mol. The summed E-state index contributed by atoms with van der Waals surface area (Å²) >= 11 is 0. The Hall–Kier alpha value is -3.48. The van der Waals surface area contributed by atoms with Crippen LogP contribution in [0.5, 0.6) is 5.75 Å². The van der Waals surface area contributed by atoms with Crippen LogP contribution in [0.2, 0.25) is 0 Å². The van der Waals surface area contributed by atoms with Crippen LogP contribution in [0.1, 0.15) is 15.9 Å². The van der Waals surface area contributed by atoms with Crippen LogP contribution in [-0.4, -0.2) is 41.6 Å². The number of pyridine rings is 1. The number of methoxy groups -OCH3 is 1. The standard InChI is InChI=1S/C20H21N5O2/c1-25(12-9-15-7-10-21-11-8-15)20-22-13-16(14-23-20)19(26)24-17-3-5-18(27-2)6-4-17/h3-8,10-11,13-14H,9,12H2,1-2H3,(H,24,26). The second-order valence-corrected chi connectivity index (χ2v) is 5.98. The molecular formula is C20H21N5O2. The lowest BCUT2D eigenvalue weighted by atomic mass is 10.2. The number of nitrogens with one attached hydrogen (secondary N) is 1. The smallest absolute Gasteiger partial charge is 0.258 e. The van der Waals surface area contributed by atoms with E-state index < -0.39 is 0 Å². The zero-order valence-corrected chi connectivity index (χ0v) is 15.3. The van der Waals surface area contributed by atoms with Gasteiger partial charge in [-0.25, -0.2) is 9.97 Å². The Kier molecular flexibility index (Phi) is 5.94. The maximum Gasteiger partial charge on any atom is 0.258 e. The fourth-order valence-electron chi connectivity index (χ4n) is 2.46. The molecule has 0 fully saturated rings. The van der Waals surface area contributed by atoms with Crippen molar-refractivity contribution in [2.24, 2.45) is 0 Å². The summed E-state index contributed by atoms with van der Waals surface area (Å²) in [5.41, 5.74) is 2.28. The number of rotatable bonds is 7. The maximum absolute atomic E-state index is 12.3. The molecule has 0 aliphatic carbocycles. The molecule has 0 spiro atoms. The molecule has 1 aromatic carbocycles. The lowest BCUT2D eigenvalue weighted by molar-refractivity contribution is 0.102. The number of nitrogens with zero attached hydrogens (tertiary/aromatic N) is 4. The van der Waals surface area contributed by atoms with Crippen LogP contribution in [0.25, 0.3) is 0 Å². The minimum Gasteiger partial charge on any atom is -0.497 e. The summed E-state index contributed by atoms with van der Waals surface area (Å²) in [4.78, 5) is 26.9. The van der Waals surface area contributed by atoms with Crippen LogP contribution in [0, 0.1) is 0 Å². The molecule has 0 unspecified atom stereocenters. The monoisotopic (exact) mass is 363 g/mol. The van der Waals surface area contributed by atoms with Crippen molar-refractivity contribution in [3.63, 3.8) is 0 Å². The number of carbonyl (C=O) groups excluding carboxylic acids is 1. The Morgan fingerprint density at radius 3 is 2.37 bits per heavy atom. The summed E-state index contributed by atoms with van der Waals surface area (Å²) in [5, 5.41) is 2.81. The Morgan fingerprint density at radius 1 is 1.07 bits per heavy atom. The molecule has 0 aliphatic rings. The van der Waals surface area contributed by atoms with Gasteiger partial charge in [0.2, 0.25) is 5.95 Å². The number of anilines is 2. The first-order valence-electron chi connectivity index (χ1n) is 8.53. The summed E-state index contributed by atoms with van der Waals surface area (Å²) < 4.78 is 5.10. The molecule has 0 bridgehead atoms. The third kappa shape index (κ3) is 5.01. The van der Waals surface area contributed by atoms with Crippen LogP contribution >= 0.6 is 0 Å². The van der Waals surface area contributed by atoms with E-state index in [1.54, 1.807) is 43.8 Å². The number of benzene rings is 1. The van der Waals surface area contributed by atoms with Gasteiger partial charge in [0.15, 0.2) is 0 Å². The number of amides is 1. The molecule has 0 saturated heterocycles. The van der Waals surface area contributed by atoms with Crippen molar-refractivity contribution in [2.45, 2.75) is 6.42 Å².